The van der Waals surface area contributed by atoms with Crippen LogP contribution in [0.15, 0.2) is 42.5 Å². The van der Waals surface area contributed by atoms with Gasteiger partial charge in [0.05, 0.1) is 11.1 Å². The number of fused-ring (bicyclic) bond motifs is 1. The molecule has 0 atom stereocenters. The van der Waals surface area contributed by atoms with E-state index in [1.165, 1.54) is 5.01 Å². The molecule has 0 saturated heterocycles. The average Bonchev–Trinajstić information content (AvgIpc) is 2.82. The quantitative estimate of drug-likeness (QED) is 0.673. The molecular weight excluding hydrogens is 322 g/mol. The molecule has 0 aromatic heterocycles. The van der Waals surface area contributed by atoms with Gasteiger partial charge >= 0.3 is 0 Å². The lowest BCUT2D eigenvalue weighted by molar-refractivity contribution is 0.0366. The van der Waals surface area contributed by atoms with E-state index in [2.05, 4.69) is 5.32 Å². The molecule has 2 aromatic rings. The van der Waals surface area contributed by atoms with E-state index in [9.17, 15) is 9.59 Å². The molecule has 2 aromatic carbocycles. The molecule has 122 valence electrons. The fourth-order valence-corrected chi connectivity index (χ4v) is 2.92. The molecule has 2 amide bonds. The summed E-state index contributed by atoms with van der Waals surface area (Å²) in [7, 11) is 1.60. The van der Waals surface area contributed by atoms with Crippen LogP contribution in [0, 0.1) is 13.8 Å². The van der Waals surface area contributed by atoms with Gasteiger partial charge in [-0.3, -0.25) is 14.6 Å². The number of hydrogen-bond acceptors (Lipinski definition) is 3. The van der Waals surface area contributed by atoms with Crippen LogP contribution in [-0.2, 0) is 0 Å². The van der Waals surface area contributed by atoms with Crippen molar-refractivity contribution in [1.82, 2.24) is 10.0 Å². The lowest BCUT2D eigenvalue weighted by Crippen LogP contribution is -2.48. The molecule has 1 heterocycles. The number of benzene rings is 2. The zero-order valence-electron chi connectivity index (χ0n) is 13.7. The zero-order valence-corrected chi connectivity index (χ0v) is 14.5. The van der Waals surface area contributed by atoms with Crippen molar-refractivity contribution in [2.75, 3.05) is 12.4 Å². The Balaban J connectivity index is 1.85. The Hall–Kier alpha value is -2.73. The molecule has 3 rings (SSSR count). The molecule has 0 saturated carbocycles. The van der Waals surface area contributed by atoms with Gasteiger partial charge in [-0.15, -0.1) is 0 Å². The van der Waals surface area contributed by atoms with Crippen molar-refractivity contribution in [2.45, 2.75) is 13.8 Å². The van der Waals surface area contributed by atoms with E-state index in [-0.39, 0.29) is 16.9 Å². The molecule has 1 aliphatic rings. The highest BCUT2D eigenvalue weighted by molar-refractivity contribution is 7.80. The minimum absolute atomic E-state index is 0.280. The Morgan fingerprint density at radius 2 is 1.46 bits per heavy atom. The topological polar surface area (TPSA) is 52.6 Å². The van der Waals surface area contributed by atoms with Crippen LogP contribution in [-0.4, -0.2) is 34.0 Å². The van der Waals surface area contributed by atoms with Crippen LogP contribution in [0.25, 0.3) is 0 Å². The van der Waals surface area contributed by atoms with Crippen LogP contribution in [0.3, 0.4) is 0 Å². The largest absolute Gasteiger partial charge is 0.331 e. The third-order valence-corrected chi connectivity index (χ3v) is 4.45. The van der Waals surface area contributed by atoms with Crippen LogP contribution in [0.1, 0.15) is 31.8 Å². The van der Waals surface area contributed by atoms with Crippen molar-refractivity contribution in [3.8, 4) is 0 Å². The molecule has 1 aliphatic heterocycles. The number of amides is 2. The van der Waals surface area contributed by atoms with Crippen molar-refractivity contribution in [1.29, 1.82) is 0 Å². The minimum atomic E-state index is -0.372. The number of para-hydroxylation sites is 1. The molecule has 0 unspecified atom stereocenters. The van der Waals surface area contributed by atoms with Crippen LogP contribution >= 0.6 is 12.2 Å². The first-order valence-electron chi connectivity index (χ1n) is 7.50. The van der Waals surface area contributed by atoms with E-state index in [0.29, 0.717) is 11.1 Å². The normalized spacial score (nSPS) is 13.0. The van der Waals surface area contributed by atoms with Crippen LogP contribution in [0.2, 0.25) is 0 Å². The number of aryl methyl sites for hydroxylation is 2. The molecule has 24 heavy (non-hydrogen) atoms. The Morgan fingerprint density at radius 3 is 1.96 bits per heavy atom. The van der Waals surface area contributed by atoms with Gasteiger partial charge < -0.3 is 5.32 Å². The smallest absolute Gasteiger partial charge is 0.280 e. The summed E-state index contributed by atoms with van der Waals surface area (Å²) in [5, 5.41) is 5.86. The number of hydrazine groups is 1. The summed E-state index contributed by atoms with van der Waals surface area (Å²) in [4.78, 5) is 25.0. The molecule has 0 aliphatic carbocycles. The zero-order chi connectivity index (χ0) is 17.4. The SMILES string of the molecule is Cc1cccc(C)c1NC(=S)N(C)N1C(=O)c2ccccc2C1=O. The summed E-state index contributed by atoms with van der Waals surface area (Å²) in [6.45, 7) is 3.94. The molecule has 6 heteroatoms. The number of nitrogens with zero attached hydrogens (tertiary/aromatic N) is 2. The summed E-state index contributed by atoms with van der Waals surface area (Å²) in [6.07, 6.45) is 0. The maximum atomic E-state index is 12.5. The van der Waals surface area contributed by atoms with Crippen molar-refractivity contribution in [3.63, 3.8) is 0 Å². The maximum Gasteiger partial charge on any atom is 0.280 e. The second kappa shape index (κ2) is 6.05. The predicted molar refractivity (Wildman–Crippen MR) is 96.8 cm³/mol. The fourth-order valence-electron chi connectivity index (χ4n) is 2.74. The third kappa shape index (κ3) is 2.55. The summed E-state index contributed by atoms with van der Waals surface area (Å²) in [5.74, 6) is -0.743. The van der Waals surface area contributed by atoms with Crippen molar-refractivity contribution >= 4 is 34.8 Å². The Labute approximate surface area is 145 Å². The molecule has 0 fully saturated rings. The number of thiocarbonyl (C=S) groups is 1. The third-order valence-electron chi connectivity index (χ3n) is 4.08. The number of hydrogen-bond donors (Lipinski definition) is 1. The summed E-state index contributed by atoms with van der Waals surface area (Å²) in [6, 6.07) is 12.7. The van der Waals surface area contributed by atoms with Crippen molar-refractivity contribution in [2.24, 2.45) is 0 Å². The van der Waals surface area contributed by atoms with Gasteiger partial charge in [0.25, 0.3) is 11.8 Å². The van der Waals surface area contributed by atoms with E-state index in [0.717, 1.165) is 21.8 Å². The summed E-state index contributed by atoms with van der Waals surface area (Å²) in [5.41, 5.74) is 3.74. The monoisotopic (exact) mass is 339 g/mol. The predicted octanol–water partition coefficient (Wildman–Crippen LogP) is 3.14. The number of carbonyl (C=O) groups excluding carboxylic acids is 2. The number of imide groups is 1. The van der Waals surface area contributed by atoms with E-state index in [1.54, 1.807) is 31.3 Å². The summed E-state index contributed by atoms with van der Waals surface area (Å²) >= 11 is 5.40. The van der Waals surface area contributed by atoms with Crippen LogP contribution in [0.5, 0.6) is 0 Å². The molecule has 0 spiro atoms. The second-order valence-corrected chi connectivity index (χ2v) is 6.07. The van der Waals surface area contributed by atoms with Crippen LogP contribution < -0.4 is 5.32 Å². The Bertz CT molecular complexity index is 808. The molecule has 5 nitrogen and oxygen atoms in total. The van der Waals surface area contributed by atoms with Crippen LogP contribution in [0.4, 0.5) is 5.69 Å². The number of nitrogens with one attached hydrogen (secondary N) is 1. The van der Waals surface area contributed by atoms with Gasteiger partial charge in [-0.1, -0.05) is 30.3 Å². The van der Waals surface area contributed by atoms with E-state index in [1.807, 2.05) is 32.0 Å². The van der Waals surface area contributed by atoms with Gasteiger partial charge in [-0.25, -0.2) is 0 Å². The van der Waals surface area contributed by atoms with Gasteiger partial charge in [-0.05, 0) is 49.3 Å². The highest BCUT2D eigenvalue weighted by Gasteiger charge is 2.38. The lowest BCUT2D eigenvalue weighted by Gasteiger charge is -2.29. The maximum absolute atomic E-state index is 12.5. The fraction of sp³-hybridized carbons (Fsp3) is 0.167. The van der Waals surface area contributed by atoms with E-state index in [4.69, 9.17) is 12.2 Å². The average molecular weight is 339 g/mol. The second-order valence-electron chi connectivity index (χ2n) is 5.69. The molecule has 0 radical (unpaired) electrons. The number of carbonyl (C=O) groups is 2. The van der Waals surface area contributed by atoms with Crippen molar-refractivity contribution in [3.05, 3.63) is 64.7 Å². The van der Waals surface area contributed by atoms with Gasteiger partial charge in [0.2, 0.25) is 0 Å². The molecule has 1 N–H and O–H groups in total. The first-order valence-corrected chi connectivity index (χ1v) is 7.91. The minimum Gasteiger partial charge on any atom is -0.331 e. The highest BCUT2D eigenvalue weighted by atomic mass is 32.1. The van der Waals surface area contributed by atoms with Gasteiger partial charge in [0.1, 0.15) is 0 Å². The van der Waals surface area contributed by atoms with Gasteiger partial charge in [0, 0.05) is 12.7 Å². The van der Waals surface area contributed by atoms with Crippen molar-refractivity contribution < 1.29 is 9.59 Å². The highest BCUT2D eigenvalue weighted by Crippen LogP contribution is 2.25. The Kier molecular flexibility index (Phi) is 4.07. The summed E-state index contributed by atoms with van der Waals surface area (Å²) < 4.78 is 0. The van der Waals surface area contributed by atoms with Gasteiger partial charge in [-0.2, -0.15) is 5.01 Å². The number of anilines is 1. The van der Waals surface area contributed by atoms with E-state index >= 15 is 0 Å². The first-order chi connectivity index (χ1) is 11.4. The number of rotatable bonds is 2. The van der Waals surface area contributed by atoms with E-state index < -0.39 is 0 Å². The first kappa shape index (κ1) is 16.1. The lowest BCUT2D eigenvalue weighted by atomic mass is 10.1. The molecular formula is C18H17N3O2S. The molecule has 0 bridgehead atoms. The Morgan fingerprint density at radius 1 is 0.958 bits per heavy atom. The van der Waals surface area contributed by atoms with Gasteiger partial charge in [0.15, 0.2) is 5.11 Å². The standard InChI is InChI=1S/C18H17N3O2S/c1-11-7-6-8-12(2)15(11)19-18(24)20(3)21-16(22)13-9-4-5-10-14(13)17(21)23/h4-10H,1-3H3,(H,19,24).